The van der Waals surface area contributed by atoms with Crippen molar-refractivity contribution in [1.29, 1.82) is 0 Å². The molecule has 2 rings (SSSR count). The molecule has 0 spiro atoms. The summed E-state index contributed by atoms with van der Waals surface area (Å²) < 4.78 is 0. The van der Waals surface area contributed by atoms with Crippen LogP contribution in [0.5, 0.6) is 0 Å². The lowest BCUT2D eigenvalue weighted by molar-refractivity contribution is -0.135. The van der Waals surface area contributed by atoms with Crippen molar-refractivity contribution in [3.05, 3.63) is 35.9 Å². The number of aryl methyl sites for hydroxylation is 1. The molecule has 1 fully saturated rings. The number of nitrogens with two attached hydrogens (primary N) is 1. The van der Waals surface area contributed by atoms with Gasteiger partial charge < -0.3 is 10.6 Å². The van der Waals surface area contributed by atoms with Crippen LogP contribution in [0.4, 0.5) is 0 Å². The zero-order chi connectivity index (χ0) is 13.5. The molecule has 19 heavy (non-hydrogen) atoms. The van der Waals surface area contributed by atoms with Gasteiger partial charge in [-0.1, -0.05) is 30.3 Å². The summed E-state index contributed by atoms with van der Waals surface area (Å²) in [5.74, 6) is 0.283. The molecule has 3 heteroatoms. The average Bonchev–Trinajstić information content (AvgIpc) is 2.37. The van der Waals surface area contributed by atoms with Crippen LogP contribution in [-0.4, -0.2) is 29.9 Å². The van der Waals surface area contributed by atoms with Gasteiger partial charge >= 0.3 is 0 Å². The number of benzene rings is 1. The number of rotatable bonds is 7. The van der Waals surface area contributed by atoms with E-state index in [1.165, 1.54) is 12.0 Å². The van der Waals surface area contributed by atoms with Crippen LogP contribution < -0.4 is 5.73 Å². The molecule has 0 heterocycles. The number of carbonyl (C=O) groups is 1. The highest BCUT2D eigenvalue weighted by Gasteiger charge is 2.27. The Hall–Kier alpha value is -1.35. The van der Waals surface area contributed by atoms with E-state index >= 15 is 0 Å². The van der Waals surface area contributed by atoms with Crippen LogP contribution in [0.2, 0.25) is 0 Å². The highest BCUT2D eigenvalue weighted by molar-refractivity contribution is 5.76. The molecular weight excluding hydrogens is 236 g/mol. The maximum Gasteiger partial charge on any atom is 0.222 e. The third-order valence-electron chi connectivity index (χ3n) is 3.90. The molecule has 1 aromatic carbocycles. The lowest BCUT2D eigenvalue weighted by Gasteiger charge is -2.37. The molecule has 0 unspecified atom stereocenters. The Kier molecular flexibility index (Phi) is 5.40. The van der Waals surface area contributed by atoms with Crippen LogP contribution in [0, 0.1) is 0 Å². The van der Waals surface area contributed by atoms with E-state index in [4.69, 9.17) is 5.73 Å². The lowest BCUT2D eigenvalue weighted by atomic mass is 9.91. The van der Waals surface area contributed by atoms with Crippen molar-refractivity contribution in [1.82, 2.24) is 4.90 Å². The Bertz CT molecular complexity index is 387. The maximum atomic E-state index is 12.2. The highest BCUT2D eigenvalue weighted by atomic mass is 16.2. The molecule has 0 saturated heterocycles. The van der Waals surface area contributed by atoms with Gasteiger partial charge in [0.15, 0.2) is 0 Å². The summed E-state index contributed by atoms with van der Waals surface area (Å²) in [4.78, 5) is 14.2. The van der Waals surface area contributed by atoms with Gasteiger partial charge in [-0.25, -0.2) is 0 Å². The summed E-state index contributed by atoms with van der Waals surface area (Å²) in [7, 11) is 0. The molecule has 3 nitrogen and oxygen atoms in total. The van der Waals surface area contributed by atoms with E-state index in [1.807, 2.05) is 23.1 Å². The number of carbonyl (C=O) groups excluding carboxylic acids is 1. The normalized spacial score (nSPS) is 15.0. The first-order valence-corrected chi connectivity index (χ1v) is 7.34. The molecule has 1 amide bonds. The molecule has 0 radical (unpaired) electrons. The van der Waals surface area contributed by atoms with Crippen LogP contribution in [-0.2, 0) is 11.2 Å². The summed E-state index contributed by atoms with van der Waals surface area (Å²) in [6, 6.07) is 10.8. The van der Waals surface area contributed by atoms with Crippen molar-refractivity contribution in [3.8, 4) is 0 Å². The van der Waals surface area contributed by atoms with Gasteiger partial charge in [0, 0.05) is 25.6 Å². The second-order valence-electron chi connectivity index (χ2n) is 5.30. The van der Waals surface area contributed by atoms with E-state index < -0.39 is 0 Å². The van der Waals surface area contributed by atoms with Crippen LogP contribution in [0.15, 0.2) is 30.3 Å². The largest absolute Gasteiger partial charge is 0.338 e. The molecule has 1 aliphatic carbocycles. The van der Waals surface area contributed by atoms with E-state index in [9.17, 15) is 4.79 Å². The van der Waals surface area contributed by atoms with Crippen LogP contribution in [0.25, 0.3) is 0 Å². The van der Waals surface area contributed by atoms with Gasteiger partial charge in [0.2, 0.25) is 5.91 Å². The van der Waals surface area contributed by atoms with E-state index in [0.29, 0.717) is 19.0 Å². The Balaban J connectivity index is 1.75. The van der Waals surface area contributed by atoms with Crippen LogP contribution in [0.3, 0.4) is 0 Å². The quantitative estimate of drug-likeness (QED) is 0.818. The predicted molar refractivity (Wildman–Crippen MR) is 77.8 cm³/mol. The molecule has 0 bridgehead atoms. The summed E-state index contributed by atoms with van der Waals surface area (Å²) in [5.41, 5.74) is 6.92. The van der Waals surface area contributed by atoms with Gasteiger partial charge in [-0.05, 0) is 37.7 Å². The molecule has 1 saturated carbocycles. The molecular formula is C16H24N2O. The van der Waals surface area contributed by atoms with Crippen LogP contribution >= 0.6 is 0 Å². The smallest absolute Gasteiger partial charge is 0.222 e. The fourth-order valence-corrected chi connectivity index (χ4v) is 2.58. The third kappa shape index (κ3) is 4.06. The molecule has 1 aromatic rings. The fourth-order valence-electron chi connectivity index (χ4n) is 2.58. The second-order valence-corrected chi connectivity index (χ2v) is 5.30. The van der Waals surface area contributed by atoms with Crippen molar-refractivity contribution in [3.63, 3.8) is 0 Å². The van der Waals surface area contributed by atoms with Gasteiger partial charge in [0.1, 0.15) is 0 Å². The van der Waals surface area contributed by atoms with Crippen molar-refractivity contribution >= 4 is 5.91 Å². The number of hydrogen-bond donors (Lipinski definition) is 1. The van der Waals surface area contributed by atoms with Crippen molar-refractivity contribution < 1.29 is 4.79 Å². The van der Waals surface area contributed by atoms with E-state index in [-0.39, 0.29) is 5.91 Å². The zero-order valence-corrected chi connectivity index (χ0v) is 11.6. The lowest BCUT2D eigenvalue weighted by Crippen LogP contribution is -2.46. The minimum Gasteiger partial charge on any atom is -0.338 e. The van der Waals surface area contributed by atoms with Gasteiger partial charge in [0.25, 0.3) is 0 Å². The number of amides is 1. The fraction of sp³-hybridized carbons (Fsp3) is 0.562. The minimum atomic E-state index is 0.283. The zero-order valence-electron chi connectivity index (χ0n) is 11.6. The van der Waals surface area contributed by atoms with Gasteiger partial charge in [-0.15, -0.1) is 0 Å². The number of hydrogen-bond acceptors (Lipinski definition) is 2. The maximum absolute atomic E-state index is 12.2. The van der Waals surface area contributed by atoms with Crippen LogP contribution in [0.1, 0.15) is 37.7 Å². The molecule has 0 atom stereocenters. The first kappa shape index (κ1) is 14.1. The van der Waals surface area contributed by atoms with Gasteiger partial charge in [-0.3, -0.25) is 4.79 Å². The summed E-state index contributed by atoms with van der Waals surface area (Å²) in [6.45, 7) is 1.29. The molecule has 1 aliphatic rings. The first-order valence-electron chi connectivity index (χ1n) is 7.34. The summed E-state index contributed by atoms with van der Waals surface area (Å²) in [6.07, 6.45) is 6.12. The topological polar surface area (TPSA) is 46.3 Å². The molecule has 0 aromatic heterocycles. The Labute approximate surface area is 115 Å². The summed E-state index contributed by atoms with van der Waals surface area (Å²) >= 11 is 0. The standard InChI is InChI=1S/C16H24N2O/c17-12-13-18(15-9-5-10-15)16(19)11-4-8-14-6-2-1-3-7-14/h1-3,6-7,15H,4-5,8-13,17H2. The van der Waals surface area contributed by atoms with E-state index in [2.05, 4.69) is 12.1 Å². The van der Waals surface area contributed by atoms with Crippen molar-refractivity contribution in [2.45, 2.75) is 44.6 Å². The Morgan fingerprint density at radius 2 is 2.00 bits per heavy atom. The van der Waals surface area contributed by atoms with Crippen molar-refractivity contribution in [2.24, 2.45) is 5.73 Å². The van der Waals surface area contributed by atoms with E-state index in [1.54, 1.807) is 0 Å². The average molecular weight is 260 g/mol. The summed E-state index contributed by atoms with van der Waals surface area (Å²) in [5, 5.41) is 0. The van der Waals surface area contributed by atoms with Gasteiger partial charge in [0.05, 0.1) is 0 Å². The third-order valence-corrected chi connectivity index (χ3v) is 3.90. The Morgan fingerprint density at radius 1 is 1.26 bits per heavy atom. The minimum absolute atomic E-state index is 0.283. The molecule has 104 valence electrons. The second kappa shape index (κ2) is 7.29. The highest BCUT2D eigenvalue weighted by Crippen LogP contribution is 2.25. The predicted octanol–water partition coefficient (Wildman–Crippen LogP) is 2.35. The van der Waals surface area contributed by atoms with E-state index in [0.717, 1.165) is 32.2 Å². The Morgan fingerprint density at radius 3 is 2.58 bits per heavy atom. The monoisotopic (exact) mass is 260 g/mol. The molecule has 0 aliphatic heterocycles. The van der Waals surface area contributed by atoms with Crippen molar-refractivity contribution in [2.75, 3.05) is 13.1 Å². The number of nitrogens with zero attached hydrogens (tertiary/aromatic N) is 1. The van der Waals surface area contributed by atoms with Gasteiger partial charge in [-0.2, -0.15) is 0 Å². The first-order chi connectivity index (χ1) is 9.31. The molecule has 2 N–H and O–H groups in total. The SMILES string of the molecule is NCCN(C(=O)CCCc1ccccc1)C1CCC1.